The largest absolute Gasteiger partial charge is 0.393 e. The summed E-state index contributed by atoms with van der Waals surface area (Å²) in [5.74, 6) is 2.05. The Labute approximate surface area is 115 Å². The molecule has 2 heteroatoms. The minimum atomic E-state index is -0.106. The minimum Gasteiger partial charge on any atom is -0.393 e. The van der Waals surface area contributed by atoms with Gasteiger partial charge in [0.1, 0.15) is 0 Å². The minimum absolute atomic E-state index is 0.106. The summed E-state index contributed by atoms with van der Waals surface area (Å²) in [6, 6.07) is 0. The van der Waals surface area contributed by atoms with Gasteiger partial charge in [-0.1, -0.05) is 55.4 Å². The molecule has 0 aliphatic heterocycles. The van der Waals surface area contributed by atoms with E-state index in [9.17, 15) is 10.2 Å². The molecule has 0 saturated carbocycles. The first kappa shape index (κ1) is 20.2. The molecule has 0 spiro atoms. The van der Waals surface area contributed by atoms with E-state index < -0.39 is 0 Å². The second kappa shape index (κ2) is 10.8. The predicted octanol–water partition coefficient (Wildman–Crippen LogP) is 4.10. The monoisotopic (exact) mass is 260 g/mol. The molecular weight excluding hydrogens is 224 g/mol. The maximum atomic E-state index is 9.30. The first-order valence-corrected chi connectivity index (χ1v) is 7.43. The molecule has 0 rings (SSSR count). The second-order valence-corrected chi connectivity index (χ2v) is 6.88. The van der Waals surface area contributed by atoms with Crippen molar-refractivity contribution in [2.24, 2.45) is 23.7 Å². The molecule has 2 unspecified atom stereocenters. The summed E-state index contributed by atoms with van der Waals surface area (Å²) < 4.78 is 0. The highest BCUT2D eigenvalue weighted by atomic mass is 16.3. The van der Waals surface area contributed by atoms with Gasteiger partial charge in [0.2, 0.25) is 0 Å². The van der Waals surface area contributed by atoms with Gasteiger partial charge in [-0.05, 0) is 36.5 Å². The molecule has 2 N–H and O–H groups in total. The molecule has 18 heavy (non-hydrogen) atoms. The Morgan fingerprint density at radius 1 is 0.556 bits per heavy atom. The Hall–Kier alpha value is -0.0800. The summed E-state index contributed by atoms with van der Waals surface area (Å²) in [5.41, 5.74) is 0. The Bertz CT molecular complexity index is 154. The Morgan fingerprint density at radius 3 is 0.833 bits per heavy atom. The van der Waals surface area contributed by atoms with E-state index in [0.717, 1.165) is 12.8 Å². The zero-order valence-corrected chi connectivity index (χ0v) is 13.8. The predicted molar refractivity (Wildman–Crippen MR) is 80.6 cm³/mol. The highest BCUT2D eigenvalue weighted by molar-refractivity contribution is 4.61. The topological polar surface area (TPSA) is 40.5 Å². The van der Waals surface area contributed by atoms with E-state index in [-0.39, 0.29) is 12.2 Å². The van der Waals surface area contributed by atoms with E-state index in [1.807, 2.05) is 27.7 Å². The maximum absolute atomic E-state index is 9.30. The lowest BCUT2D eigenvalue weighted by atomic mass is 9.98. The third-order valence-electron chi connectivity index (χ3n) is 2.96. The summed E-state index contributed by atoms with van der Waals surface area (Å²) in [6.45, 7) is 16.7. The summed E-state index contributed by atoms with van der Waals surface area (Å²) in [7, 11) is 0. The SMILES string of the molecule is CC(C)CC(O)C(C)C.CC(C)CC(O)C(C)C. The van der Waals surface area contributed by atoms with E-state index in [0.29, 0.717) is 23.7 Å². The zero-order valence-electron chi connectivity index (χ0n) is 13.8. The molecule has 0 amide bonds. The maximum Gasteiger partial charge on any atom is 0.0565 e. The third kappa shape index (κ3) is 14.0. The quantitative estimate of drug-likeness (QED) is 0.755. The third-order valence-corrected chi connectivity index (χ3v) is 2.96. The Morgan fingerprint density at radius 2 is 0.778 bits per heavy atom. The number of aliphatic hydroxyl groups excluding tert-OH is 2. The van der Waals surface area contributed by atoms with Gasteiger partial charge in [0.25, 0.3) is 0 Å². The van der Waals surface area contributed by atoms with Gasteiger partial charge in [-0.15, -0.1) is 0 Å². The van der Waals surface area contributed by atoms with Crippen molar-refractivity contribution in [1.82, 2.24) is 0 Å². The van der Waals surface area contributed by atoms with Crippen molar-refractivity contribution in [3.8, 4) is 0 Å². The molecule has 0 aromatic carbocycles. The molecule has 0 aliphatic rings. The Balaban J connectivity index is 0. The van der Waals surface area contributed by atoms with Crippen LogP contribution < -0.4 is 0 Å². The molecule has 0 heterocycles. The molecule has 2 atom stereocenters. The standard InChI is InChI=1S/2C8H18O/c2*1-6(2)5-8(9)7(3)4/h2*6-9H,5H2,1-4H3. The molecule has 0 fully saturated rings. The first-order chi connectivity index (χ1) is 8.07. The lowest BCUT2D eigenvalue weighted by Crippen LogP contribution is -2.16. The van der Waals surface area contributed by atoms with E-state index in [2.05, 4.69) is 27.7 Å². The fourth-order valence-corrected chi connectivity index (χ4v) is 1.51. The van der Waals surface area contributed by atoms with Crippen LogP contribution in [0.25, 0.3) is 0 Å². The van der Waals surface area contributed by atoms with Crippen LogP contribution in [-0.2, 0) is 0 Å². The number of hydrogen-bond donors (Lipinski definition) is 2. The van der Waals surface area contributed by atoms with Gasteiger partial charge >= 0.3 is 0 Å². The van der Waals surface area contributed by atoms with E-state index in [1.165, 1.54) is 0 Å². The van der Waals surface area contributed by atoms with Crippen LogP contribution >= 0.6 is 0 Å². The van der Waals surface area contributed by atoms with Crippen LogP contribution in [0.2, 0.25) is 0 Å². The van der Waals surface area contributed by atoms with E-state index in [4.69, 9.17) is 0 Å². The van der Waals surface area contributed by atoms with E-state index >= 15 is 0 Å². The molecule has 0 aromatic rings. The summed E-state index contributed by atoms with van der Waals surface area (Å²) in [4.78, 5) is 0. The van der Waals surface area contributed by atoms with Gasteiger partial charge in [0.15, 0.2) is 0 Å². The van der Waals surface area contributed by atoms with Crippen LogP contribution in [0.15, 0.2) is 0 Å². The van der Waals surface area contributed by atoms with Crippen molar-refractivity contribution >= 4 is 0 Å². The number of hydrogen-bond acceptors (Lipinski definition) is 2. The van der Waals surface area contributed by atoms with Gasteiger partial charge in [-0.3, -0.25) is 0 Å². The average molecular weight is 260 g/mol. The highest BCUT2D eigenvalue weighted by Crippen LogP contribution is 2.12. The van der Waals surface area contributed by atoms with Crippen LogP contribution in [0.3, 0.4) is 0 Å². The van der Waals surface area contributed by atoms with Crippen molar-refractivity contribution in [3.63, 3.8) is 0 Å². The van der Waals surface area contributed by atoms with Gasteiger partial charge < -0.3 is 10.2 Å². The van der Waals surface area contributed by atoms with Crippen molar-refractivity contribution in [3.05, 3.63) is 0 Å². The zero-order chi connectivity index (χ0) is 14.9. The first-order valence-electron chi connectivity index (χ1n) is 7.43. The summed E-state index contributed by atoms with van der Waals surface area (Å²) >= 11 is 0. The van der Waals surface area contributed by atoms with E-state index in [1.54, 1.807) is 0 Å². The second-order valence-electron chi connectivity index (χ2n) is 6.88. The molecule has 0 saturated heterocycles. The van der Waals surface area contributed by atoms with Crippen LogP contribution in [0.1, 0.15) is 68.2 Å². The van der Waals surface area contributed by atoms with Gasteiger partial charge in [-0.25, -0.2) is 0 Å². The average Bonchev–Trinajstić information content (AvgIpc) is 2.16. The normalized spacial score (nSPS) is 15.0. The summed E-state index contributed by atoms with van der Waals surface area (Å²) in [6.07, 6.45) is 1.64. The molecule has 0 aromatic heterocycles. The lowest BCUT2D eigenvalue weighted by Gasteiger charge is -2.15. The fourth-order valence-electron chi connectivity index (χ4n) is 1.51. The van der Waals surface area contributed by atoms with Crippen LogP contribution in [0, 0.1) is 23.7 Å². The molecule has 0 radical (unpaired) electrons. The smallest absolute Gasteiger partial charge is 0.0565 e. The van der Waals surface area contributed by atoms with Gasteiger partial charge in [0.05, 0.1) is 12.2 Å². The van der Waals surface area contributed by atoms with Crippen LogP contribution in [0.5, 0.6) is 0 Å². The Kier molecular flexibility index (Phi) is 12.2. The molecular formula is C16H36O2. The van der Waals surface area contributed by atoms with Crippen LogP contribution in [-0.4, -0.2) is 22.4 Å². The molecule has 0 bridgehead atoms. The molecule has 112 valence electrons. The van der Waals surface area contributed by atoms with Crippen molar-refractivity contribution in [2.45, 2.75) is 80.4 Å². The molecule has 2 nitrogen and oxygen atoms in total. The van der Waals surface area contributed by atoms with Crippen molar-refractivity contribution in [2.75, 3.05) is 0 Å². The van der Waals surface area contributed by atoms with Crippen LogP contribution in [0.4, 0.5) is 0 Å². The lowest BCUT2D eigenvalue weighted by molar-refractivity contribution is 0.102. The van der Waals surface area contributed by atoms with Crippen molar-refractivity contribution < 1.29 is 10.2 Å². The number of aliphatic hydroxyl groups is 2. The summed E-state index contributed by atoms with van der Waals surface area (Å²) in [5, 5.41) is 18.6. The fraction of sp³-hybridized carbons (Fsp3) is 1.00. The van der Waals surface area contributed by atoms with Gasteiger partial charge in [0, 0.05) is 0 Å². The van der Waals surface area contributed by atoms with Gasteiger partial charge in [-0.2, -0.15) is 0 Å². The highest BCUT2D eigenvalue weighted by Gasteiger charge is 2.10. The number of rotatable bonds is 6. The molecule has 0 aliphatic carbocycles. The van der Waals surface area contributed by atoms with Crippen molar-refractivity contribution in [1.29, 1.82) is 0 Å².